The first-order chi connectivity index (χ1) is 10.9. The third-order valence-electron chi connectivity index (χ3n) is 3.26. The molecular weight excluding hydrogens is 312 g/mol. The van der Waals surface area contributed by atoms with Crippen molar-refractivity contribution in [2.75, 3.05) is 11.4 Å². The number of ketones is 1. The van der Waals surface area contributed by atoms with Crippen LogP contribution in [0, 0.1) is 0 Å². The normalized spacial score (nSPS) is 11.3. The van der Waals surface area contributed by atoms with Gasteiger partial charge in [0.2, 0.25) is 5.91 Å². The Morgan fingerprint density at radius 1 is 1.43 bits per heavy atom. The fourth-order valence-corrected chi connectivity index (χ4v) is 2.87. The molecule has 0 bridgehead atoms. The Morgan fingerprint density at radius 3 is 2.74 bits per heavy atom. The van der Waals surface area contributed by atoms with Crippen molar-refractivity contribution < 1.29 is 9.59 Å². The predicted molar refractivity (Wildman–Crippen MR) is 91.8 cm³/mol. The molecule has 0 saturated heterocycles. The Morgan fingerprint density at radius 2 is 2.17 bits per heavy atom. The SMILES string of the molecule is CCN(C(C)=O)c1nc(/C=C/C(=O)c2cnn(C(C)C)c2)cs1. The van der Waals surface area contributed by atoms with Crippen LogP contribution in [0.4, 0.5) is 5.13 Å². The van der Waals surface area contributed by atoms with Gasteiger partial charge in [-0.25, -0.2) is 4.98 Å². The lowest BCUT2D eigenvalue weighted by Crippen LogP contribution is -2.27. The molecule has 2 rings (SSSR count). The smallest absolute Gasteiger partial charge is 0.225 e. The van der Waals surface area contributed by atoms with E-state index >= 15 is 0 Å². The van der Waals surface area contributed by atoms with Gasteiger partial charge in [0.05, 0.1) is 17.5 Å². The number of carbonyl (C=O) groups excluding carboxylic acids is 2. The van der Waals surface area contributed by atoms with E-state index in [9.17, 15) is 9.59 Å². The van der Waals surface area contributed by atoms with E-state index in [2.05, 4.69) is 10.1 Å². The van der Waals surface area contributed by atoms with E-state index in [-0.39, 0.29) is 17.7 Å². The Balaban J connectivity index is 2.09. The molecule has 0 fully saturated rings. The zero-order valence-electron chi connectivity index (χ0n) is 13.7. The highest BCUT2D eigenvalue weighted by Crippen LogP contribution is 2.21. The number of rotatable bonds is 6. The number of aromatic nitrogens is 3. The molecule has 7 heteroatoms. The summed E-state index contributed by atoms with van der Waals surface area (Å²) in [5.74, 6) is -0.167. The van der Waals surface area contributed by atoms with Crippen LogP contribution in [-0.2, 0) is 4.79 Å². The van der Waals surface area contributed by atoms with Gasteiger partial charge < -0.3 is 0 Å². The zero-order chi connectivity index (χ0) is 17.0. The molecule has 1 amide bonds. The largest absolute Gasteiger partial charge is 0.289 e. The summed E-state index contributed by atoms with van der Waals surface area (Å²) in [5, 5.41) is 6.61. The van der Waals surface area contributed by atoms with Crippen LogP contribution >= 0.6 is 11.3 Å². The van der Waals surface area contributed by atoms with E-state index < -0.39 is 0 Å². The molecule has 0 aliphatic carbocycles. The average molecular weight is 332 g/mol. The van der Waals surface area contributed by atoms with Crippen molar-refractivity contribution in [3.8, 4) is 0 Å². The predicted octanol–water partition coefficient (Wildman–Crippen LogP) is 3.19. The van der Waals surface area contributed by atoms with E-state index in [0.717, 1.165) is 0 Å². The van der Waals surface area contributed by atoms with Gasteiger partial charge in [0.25, 0.3) is 0 Å². The highest BCUT2D eigenvalue weighted by atomic mass is 32.1. The van der Waals surface area contributed by atoms with Gasteiger partial charge in [-0.05, 0) is 32.9 Å². The van der Waals surface area contributed by atoms with Crippen LogP contribution < -0.4 is 4.90 Å². The lowest BCUT2D eigenvalue weighted by molar-refractivity contribution is -0.116. The minimum Gasteiger partial charge on any atom is -0.289 e. The molecule has 0 aliphatic rings. The average Bonchev–Trinajstić information content (AvgIpc) is 3.14. The monoisotopic (exact) mass is 332 g/mol. The molecule has 0 spiro atoms. The topological polar surface area (TPSA) is 68.1 Å². The van der Waals surface area contributed by atoms with Crippen LogP contribution in [0.15, 0.2) is 23.8 Å². The summed E-state index contributed by atoms with van der Waals surface area (Å²) in [5.41, 5.74) is 1.21. The van der Waals surface area contributed by atoms with E-state index in [1.54, 1.807) is 28.1 Å². The summed E-state index contributed by atoms with van der Waals surface area (Å²) in [7, 11) is 0. The molecule has 2 aromatic heterocycles. The molecule has 2 aromatic rings. The van der Waals surface area contributed by atoms with Crippen molar-refractivity contribution in [1.29, 1.82) is 0 Å². The van der Waals surface area contributed by atoms with Crippen molar-refractivity contribution in [2.24, 2.45) is 0 Å². The molecule has 23 heavy (non-hydrogen) atoms. The van der Waals surface area contributed by atoms with Crippen molar-refractivity contribution in [1.82, 2.24) is 14.8 Å². The van der Waals surface area contributed by atoms with Crippen molar-refractivity contribution >= 4 is 34.2 Å². The van der Waals surface area contributed by atoms with Crippen LogP contribution in [0.2, 0.25) is 0 Å². The number of amides is 1. The van der Waals surface area contributed by atoms with Gasteiger partial charge in [0, 0.05) is 31.1 Å². The van der Waals surface area contributed by atoms with Gasteiger partial charge in [0.1, 0.15) is 0 Å². The van der Waals surface area contributed by atoms with Crippen molar-refractivity contribution in [3.05, 3.63) is 35.1 Å². The van der Waals surface area contributed by atoms with Gasteiger partial charge >= 0.3 is 0 Å². The molecule has 0 atom stereocenters. The fourth-order valence-electron chi connectivity index (χ4n) is 1.97. The standard InChI is InChI=1S/C16H20N4O2S/c1-5-19(12(4)21)16-18-14(10-23-16)6-7-15(22)13-8-17-20(9-13)11(2)3/h6-11H,5H2,1-4H3/b7-6+. The lowest BCUT2D eigenvalue weighted by Gasteiger charge is -2.14. The Hall–Kier alpha value is -2.28. The maximum absolute atomic E-state index is 12.1. The quantitative estimate of drug-likeness (QED) is 0.602. The zero-order valence-corrected chi connectivity index (χ0v) is 14.5. The minimum atomic E-state index is -0.120. The van der Waals surface area contributed by atoms with Crippen LogP contribution in [0.25, 0.3) is 6.08 Å². The summed E-state index contributed by atoms with van der Waals surface area (Å²) in [4.78, 5) is 29.6. The van der Waals surface area contributed by atoms with Gasteiger partial charge in [0.15, 0.2) is 10.9 Å². The van der Waals surface area contributed by atoms with E-state index in [1.807, 2.05) is 26.2 Å². The van der Waals surface area contributed by atoms with Gasteiger partial charge in [-0.3, -0.25) is 19.2 Å². The second kappa shape index (κ2) is 7.32. The summed E-state index contributed by atoms with van der Waals surface area (Å²) in [6.07, 6.45) is 6.43. The summed E-state index contributed by atoms with van der Waals surface area (Å²) in [6, 6.07) is 0.216. The molecule has 0 aromatic carbocycles. The fraction of sp³-hybridized carbons (Fsp3) is 0.375. The summed E-state index contributed by atoms with van der Waals surface area (Å²) in [6.45, 7) is 7.98. The second-order valence-electron chi connectivity index (χ2n) is 5.32. The highest BCUT2D eigenvalue weighted by Gasteiger charge is 2.13. The number of thiazole rings is 1. The van der Waals surface area contributed by atoms with Crippen molar-refractivity contribution in [3.63, 3.8) is 0 Å². The van der Waals surface area contributed by atoms with Gasteiger partial charge in [-0.2, -0.15) is 5.10 Å². The third-order valence-corrected chi connectivity index (χ3v) is 4.14. The number of anilines is 1. The number of nitrogens with zero attached hydrogens (tertiary/aromatic N) is 4. The Bertz CT molecular complexity index is 730. The Labute approximate surface area is 139 Å². The molecule has 6 nitrogen and oxygen atoms in total. The molecule has 0 aliphatic heterocycles. The molecular formula is C16H20N4O2S. The van der Waals surface area contributed by atoms with Crippen molar-refractivity contribution in [2.45, 2.75) is 33.7 Å². The molecule has 2 heterocycles. The van der Waals surface area contributed by atoms with Crippen LogP contribution in [0.5, 0.6) is 0 Å². The first-order valence-electron chi connectivity index (χ1n) is 7.42. The maximum Gasteiger partial charge on any atom is 0.225 e. The number of hydrogen-bond acceptors (Lipinski definition) is 5. The van der Waals surface area contributed by atoms with Gasteiger partial charge in [-0.1, -0.05) is 0 Å². The number of carbonyl (C=O) groups is 2. The molecule has 122 valence electrons. The van der Waals surface area contributed by atoms with E-state index in [4.69, 9.17) is 0 Å². The third kappa shape index (κ3) is 4.13. The minimum absolute atomic E-state index is 0.0467. The van der Waals surface area contributed by atoms with Gasteiger partial charge in [-0.15, -0.1) is 11.3 Å². The highest BCUT2D eigenvalue weighted by molar-refractivity contribution is 7.14. The molecule has 0 radical (unpaired) electrons. The van der Waals surface area contributed by atoms with Crippen LogP contribution in [-0.4, -0.2) is 33.0 Å². The second-order valence-corrected chi connectivity index (χ2v) is 6.16. The van der Waals surface area contributed by atoms with E-state index in [1.165, 1.54) is 24.3 Å². The lowest BCUT2D eigenvalue weighted by atomic mass is 10.2. The Kier molecular flexibility index (Phi) is 5.44. The first kappa shape index (κ1) is 17.1. The van der Waals surface area contributed by atoms with Crippen LogP contribution in [0.1, 0.15) is 49.8 Å². The van der Waals surface area contributed by atoms with E-state index in [0.29, 0.717) is 22.9 Å². The molecule has 0 unspecified atom stereocenters. The maximum atomic E-state index is 12.1. The number of allylic oxidation sites excluding steroid dienone is 1. The summed E-state index contributed by atoms with van der Waals surface area (Å²) >= 11 is 1.38. The first-order valence-corrected chi connectivity index (χ1v) is 8.30. The summed E-state index contributed by atoms with van der Waals surface area (Å²) < 4.78 is 1.74. The molecule has 0 N–H and O–H groups in total. The molecule has 0 saturated carbocycles. The number of hydrogen-bond donors (Lipinski definition) is 0. The van der Waals surface area contributed by atoms with Crippen LogP contribution in [0.3, 0.4) is 0 Å².